The van der Waals surface area contributed by atoms with Gasteiger partial charge in [-0.25, -0.2) is 9.78 Å². The molecule has 2 aromatic carbocycles. The van der Waals surface area contributed by atoms with Gasteiger partial charge in [0.2, 0.25) is 5.75 Å². The lowest BCUT2D eigenvalue weighted by atomic mass is 9.94. The number of esters is 1. The Labute approximate surface area is 252 Å². The molecule has 43 heavy (non-hydrogen) atoms. The van der Waals surface area contributed by atoms with Crippen molar-refractivity contribution in [2.24, 2.45) is 0 Å². The topological polar surface area (TPSA) is 134 Å². The standard InChI is InChI=1S/C31H30N2O9S/c1-7-13-41-20-11-9-18(10-12-20)25(34)23-24(19-15-21(38-4)27(40-6)22(16-19)39-5)33(29(36)26(23)35)31-32-17(3)28(43-31)30(37)42-14-8-2/h7-12,15-16,24,34H,1-2,13-14H2,3-6H3/b25-23+. The fourth-order valence-corrected chi connectivity index (χ4v) is 5.49. The largest absolute Gasteiger partial charge is 0.507 e. The monoisotopic (exact) mass is 606 g/mol. The number of anilines is 1. The van der Waals surface area contributed by atoms with Crippen molar-refractivity contribution < 1.29 is 43.2 Å². The maximum Gasteiger partial charge on any atom is 0.350 e. The molecule has 0 bridgehead atoms. The SMILES string of the molecule is C=CCOC(=O)c1sc(N2C(=O)C(=O)/C(=C(/O)c3ccc(OCC=C)cc3)C2c2cc(OC)c(OC)c(OC)c2)nc1C. The Morgan fingerprint density at radius 3 is 2.21 bits per heavy atom. The Bertz CT molecular complexity index is 1580. The highest BCUT2D eigenvalue weighted by Gasteiger charge is 2.49. The third-order valence-electron chi connectivity index (χ3n) is 6.45. The molecule has 224 valence electrons. The van der Waals surface area contributed by atoms with Gasteiger partial charge in [-0.15, -0.1) is 0 Å². The van der Waals surface area contributed by atoms with Crippen LogP contribution in [0.5, 0.6) is 23.0 Å². The quantitative estimate of drug-likeness (QED) is 0.0986. The molecule has 1 fully saturated rings. The minimum atomic E-state index is -1.19. The molecule has 0 spiro atoms. The third kappa shape index (κ3) is 5.95. The molecule has 4 rings (SSSR count). The number of ketones is 1. The number of carbonyl (C=O) groups excluding carboxylic acids is 3. The molecule has 1 N–H and O–H groups in total. The molecule has 3 aromatic rings. The summed E-state index contributed by atoms with van der Waals surface area (Å²) in [5, 5.41) is 11.6. The zero-order chi connectivity index (χ0) is 31.3. The van der Waals surface area contributed by atoms with Crippen LogP contribution < -0.4 is 23.8 Å². The van der Waals surface area contributed by atoms with Gasteiger partial charge in [-0.3, -0.25) is 14.5 Å². The minimum absolute atomic E-state index is 0.0150. The van der Waals surface area contributed by atoms with Crippen LogP contribution in [-0.4, -0.2) is 62.3 Å². The van der Waals surface area contributed by atoms with Crippen molar-refractivity contribution in [1.82, 2.24) is 4.98 Å². The number of amides is 1. The van der Waals surface area contributed by atoms with Crippen molar-refractivity contribution in [1.29, 1.82) is 0 Å². The number of aliphatic hydroxyl groups excluding tert-OH is 1. The first-order chi connectivity index (χ1) is 20.7. The van der Waals surface area contributed by atoms with Crippen molar-refractivity contribution in [3.63, 3.8) is 0 Å². The van der Waals surface area contributed by atoms with E-state index in [1.165, 1.54) is 27.4 Å². The van der Waals surface area contributed by atoms with Crippen molar-refractivity contribution in [3.8, 4) is 23.0 Å². The number of aryl methyl sites for hydroxylation is 1. The number of methoxy groups -OCH3 is 3. The summed E-state index contributed by atoms with van der Waals surface area (Å²) in [6.07, 6.45) is 3.02. The molecule has 0 aliphatic carbocycles. The first-order valence-electron chi connectivity index (χ1n) is 12.9. The van der Waals surface area contributed by atoms with E-state index in [9.17, 15) is 19.5 Å². The summed E-state index contributed by atoms with van der Waals surface area (Å²) >= 11 is 0.883. The van der Waals surface area contributed by atoms with E-state index in [0.717, 1.165) is 16.2 Å². The summed E-state index contributed by atoms with van der Waals surface area (Å²) in [5.74, 6) is -1.65. The summed E-state index contributed by atoms with van der Waals surface area (Å²) in [4.78, 5) is 45.7. The van der Waals surface area contributed by atoms with Gasteiger partial charge in [0.15, 0.2) is 16.6 Å². The minimum Gasteiger partial charge on any atom is -0.507 e. The van der Waals surface area contributed by atoms with Crippen molar-refractivity contribution >= 4 is 39.9 Å². The fourth-order valence-electron chi connectivity index (χ4n) is 4.50. The van der Waals surface area contributed by atoms with Gasteiger partial charge in [0.1, 0.15) is 29.6 Å². The second-order valence-corrected chi connectivity index (χ2v) is 10.0. The highest BCUT2D eigenvalue weighted by atomic mass is 32.1. The van der Waals surface area contributed by atoms with E-state index in [4.69, 9.17) is 23.7 Å². The van der Waals surface area contributed by atoms with E-state index < -0.39 is 29.5 Å². The number of aliphatic hydroxyl groups is 1. The summed E-state index contributed by atoms with van der Waals surface area (Å²) < 4.78 is 27.2. The number of nitrogens with zero attached hydrogens (tertiary/aromatic N) is 2. The molecule has 0 saturated carbocycles. The van der Waals surface area contributed by atoms with E-state index in [1.807, 2.05) is 0 Å². The summed E-state index contributed by atoms with van der Waals surface area (Å²) in [7, 11) is 4.30. The number of hydrogen-bond acceptors (Lipinski definition) is 11. The summed E-state index contributed by atoms with van der Waals surface area (Å²) in [6, 6.07) is 8.33. The molecule has 1 saturated heterocycles. The smallest absolute Gasteiger partial charge is 0.350 e. The average Bonchev–Trinajstić information content (AvgIpc) is 3.53. The van der Waals surface area contributed by atoms with Crippen molar-refractivity contribution in [3.05, 3.63) is 89.0 Å². The zero-order valence-corrected chi connectivity index (χ0v) is 24.9. The summed E-state index contributed by atoms with van der Waals surface area (Å²) in [5.41, 5.74) is 0.715. The molecule has 1 unspecified atom stereocenters. The normalized spacial score (nSPS) is 15.6. The Morgan fingerprint density at radius 1 is 1.02 bits per heavy atom. The van der Waals surface area contributed by atoms with Crippen LogP contribution in [0, 0.1) is 6.92 Å². The van der Waals surface area contributed by atoms with Gasteiger partial charge in [0.05, 0.1) is 38.6 Å². The fraction of sp³-hybridized carbons (Fsp3) is 0.226. The lowest BCUT2D eigenvalue weighted by Crippen LogP contribution is -2.29. The van der Waals surface area contributed by atoms with Crippen molar-refractivity contribution in [2.75, 3.05) is 39.4 Å². The molecule has 12 heteroatoms. The summed E-state index contributed by atoms with van der Waals surface area (Å²) in [6.45, 7) is 9.01. The van der Waals surface area contributed by atoms with Gasteiger partial charge < -0.3 is 28.8 Å². The second-order valence-electron chi connectivity index (χ2n) is 9.05. The van der Waals surface area contributed by atoms with E-state index in [2.05, 4.69) is 18.1 Å². The first kappa shape index (κ1) is 30.8. The lowest BCUT2D eigenvalue weighted by Gasteiger charge is -2.24. The van der Waals surface area contributed by atoms with Crippen LogP contribution in [0.2, 0.25) is 0 Å². The Hall–Kier alpha value is -5.10. The van der Waals surface area contributed by atoms with Crippen LogP contribution in [0.1, 0.15) is 32.5 Å². The van der Waals surface area contributed by atoms with Gasteiger partial charge in [-0.2, -0.15) is 0 Å². The molecule has 1 atom stereocenters. The molecule has 11 nitrogen and oxygen atoms in total. The molecular weight excluding hydrogens is 576 g/mol. The number of rotatable bonds is 12. The van der Waals surface area contributed by atoms with Crippen LogP contribution in [-0.2, 0) is 14.3 Å². The number of aromatic nitrogens is 1. The third-order valence-corrected chi connectivity index (χ3v) is 7.59. The molecule has 0 radical (unpaired) electrons. The van der Waals surface area contributed by atoms with Crippen LogP contribution in [0.15, 0.2) is 67.3 Å². The van der Waals surface area contributed by atoms with Gasteiger partial charge in [0, 0.05) is 5.56 Å². The Kier molecular flexibility index (Phi) is 9.51. The zero-order valence-electron chi connectivity index (χ0n) is 24.0. The number of hydrogen-bond donors (Lipinski definition) is 1. The van der Waals surface area contributed by atoms with E-state index in [-0.39, 0.29) is 51.6 Å². The predicted molar refractivity (Wildman–Crippen MR) is 160 cm³/mol. The predicted octanol–water partition coefficient (Wildman–Crippen LogP) is 5.01. The number of ether oxygens (including phenoxy) is 5. The highest BCUT2D eigenvalue weighted by Crippen LogP contribution is 2.48. The molecule has 1 amide bonds. The molecule has 1 aliphatic heterocycles. The van der Waals surface area contributed by atoms with E-state index >= 15 is 0 Å². The van der Waals surface area contributed by atoms with Crippen molar-refractivity contribution in [2.45, 2.75) is 13.0 Å². The number of Topliss-reactive ketones (excluding diaryl/α,β-unsaturated/α-hetero) is 1. The van der Waals surface area contributed by atoms with Gasteiger partial charge in [-0.05, 0) is 48.9 Å². The first-order valence-corrected chi connectivity index (χ1v) is 13.7. The van der Waals surface area contributed by atoms with Gasteiger partial charge in [0.25, 0.3) is 5.78 Å². The maximum absolute atomic E-state index is 13.7. The Morgan fingerprint density at radius 2 is 1.65 bits per heavy atom. The van der Waals surface area contributed by atoms with Gasteiger partial charge in [-0.1, -0.05) is 36.6 Å². The van der Waals surface area contributed by atoms with E-state index in [1.54, 1.807) is 49.4 Å². The number of benzene rings is 2. The van der Waals surface area contributed by atoms with Crippen LogP contribution in [0.3, 0.4) is 0 Å². The maximum atomic E-state index is 13.7. The average molecular weight is 607 g/mol. The van der Waals surface area contributed by atoms with E-state index in [0.29, 0.717) is 17.0 Å². The number of thiazole rings is 1. The van der Waals surface area contributed by atoms with Gasteiger partial charge >= 0.3 is 11.9 Å². The number of carbonyl (C=O) groups is 3. The lowest BCUT2D eigenvalue weighted by molar-refractivity contribution is -0.132. The van der Waals surface area contributed by atoms with Crippen LogP contribution >= 0.6 is 11.3 Å². The molecule has 1 aromatic heterocycles. The Balaban J connectivity index is 1.93. The highest BCUT2D eigenvalue weighted by molar-refractivity contribution is 7.17. The molecular formula is C31H30N2O9S. The van der Waals surface area contributed by atoms with Crippen LogP contribution in [0.25, 0.3) is 5.76 Å². The van der Waals surface area contributed by atoms with Crippen LogP contribution in [0.4, 0.5) is 5.13 Å². The second kappa shape index (κ2) is 13.3. The molecule has 2 heterocycles. The molecule has 1 aliphatic rings.